The SMILES string of the molecule is COC(CN1CCOCC1)C(C(=O)O)n1oc(C)cc1=O. The molecule has 1 aromatic rings. The van der Waals surface area contributed by atoms with Crippen LogP contribution in [0.3, 0.4) is 0 Å². The minimum absolute atomic E-state index is 0.368. The van der Waals surface area contributed by atoms with Crippen LogP contribution < -0.4 is 5.56 Å². The van der Waals surface area contributed by atoms with Crippen LogP contribution in [0, 0.1) is 6.92 Å². The molecule has 118 valence electrons. The third kappa shape index (κ3) is 3.72. The van der Waals surface area contributed by atoms with E-state index in [1.165, 1.54) is 13.2 Å². The highest BCUT2D eigenvalue weighted by atomic mass is 16.5. The van der Waals surface area contributed by atoms with E-state index in [-0.39, 0.29) is 0 Å². The molecule has 1 aliphatic heterocycles. The Hall–Kier alpha value is -1.64. The molecule has 0 aromatic carbocycles. The van der Waals surface area contributed by atoms with Crippen molar-refractivity contribution in [1.29, 1.82) is 0 Å². The van der Waals surface area contributed by atoms with Crippen LogP contribution >= 0.6 is 0 Å². The monoisotopic (exact) mass is 300 g/mol. The number of methoxy groups -OCH3 is 1. The van der Waals surface area contributed by atoms with Crippen LogP contribution in [-0.4, -0.2) is 66.8 Å². The van der Waals surface area contributed by atoms with Crippen LogP contribution in [0.2, 0.25) is 0 Å². The van der Waals surface area contributed by atoms with E-state index in [0.717, 1.165) is 4.74 Å². The van der Waals surface area contributed by atoms with Crippen molar-refractivity contribution in [3.05, 3.63) is 22.2 Å². The maximum atomic E-state index is 11.8. The molecule has 0 aliphatic carbocycles. The van der Waals surface area contributed by atoms with Gasteiger partial charge in [0.25, 0.3) is 5.56 Å². The van der Waals surface area contributed by atoms with Gasteiger partial charge >= 0.3 is 5.97 Å². The van der Waals surface area contributed by atoms with Crippen LogP contribution in [0.25, 0.3) is 0 Å². The second-order valence-electron chi connectivity index (χ2n) is 4.98. The predicted octanol–water partition coefficient (Wildman–Crippen LogP) is -0.277. The highest BCUT2D eigenvalue weighted by Crippen LogP contribution is 2.16. The number of aromatic nitrogens is 1. The number of morpholine rings is 1. The van der Waals surface area contributed by atoms with Gasteiger partial charge in [0, 0.05) is 32.8 Å². The van der Waals surface area contributed by atoms with Gasteiger partial charge < -0.3 is 19.1 Å². The number of aliphatic carboxylic acids is 1. The molecule has 1 N–H and O–H groups in total. The quantitative estimate of drug-likeness (QED) is 0.772. The molecule has 0 spiro atoms. The Morgan fingerprint density at radius 2 is 2.14 bits per heavy atom. The average Bonchev–Trinajstić information content (AvgIpc) is 2.77. The van der Waals surface area contributed by atoms with Gasteiger partial charge in [-0.25, -0.2) is 4.79 Å². The van der Waals surface area contributed by atoms with Gasteiger partial charge in [-0.15, -0.1) is 0 Å². The van der Waals surface area contributed by atoms with Gasteiger partial charge in [0.05, 0.1) is 13.2 Å². The topological polar surface area (TPSA) is 94.1 Å². The first kappa shape index (κ1) is 15.7. The first-order valence-corrected chi connectivity index (χ1v) is 6.78. The van der Waals surface area contributed by atoms with Crippen molar-refractivity contribution >= 4 is 5.97 Å². The molecule has 0 bridgehead atoms. The largest absolute Gasteiger partial charge is 0.480 e. The summed E-state index contributed by atoms with van der Waals surface area (Å²) in [5, 5.41) is 9.45. The minimum Gasteiger partial charge on any atom is -0.480 e. The minimum atomic E-state index is -1.20. The maximum Gasteiger partial charge on any atom is 0.332 e. The van der Waals surface area contributed by atoms with Crippen molar-refractivity contribution in [3.8, 4) is 0 Å². The second-order valence-corrected chi connectivity index (χ2v) is 4.98. The molecule has 1 saturated heterocycles. The smallest absolute Gasteiger partial charge is 0.332 e. The highest BCUT2D eigenvalue weighted by molar-refractivity contribution is 5.72. The standard InChI is InChI=1S/C13H20N2O6/c1-9-7-11(16)15(21-9)12(13(17)18)10(19-2)8-14-3-5-20-6-4-14/h7,10,12H,3-6,8H2,1-2H3,(H,17,18). The molecule has 1 aliphatic rings. The summed E-state index contributed by atoms with van der Waals surface area (Å²) >= 11 is 0. The first-order valence-electron chi connectivity index (χ1n) is 6.78. The van der Waals surface area contributed by atoms with E-state index in [9.17, 15) is 14.7 Å². The number of nitrogens with zero attached hydrogens (tertiary/aromatic N) is 2. The van der Waals surface area contributed by atoms with Gasteiger partial charge in [0.1, 0.15) is 11.9 Å². The number of hydrogen-bond donors (Lipinski definition) is 1. The number of carboxylic acid groups (broad SMARTS) is 1. The number of hydrogen-bond acceptors (Lipinski definition) is 6. The molecule has 21 heavy (non-hydrogen) atoms. The van der Waals surface area contributed by atoms with E-state index in [0.29, 0.717) is 38.6 Å². The van der Waals surface area contributed by atoms with Gasteiger partial charge in [0.15, 0.2) is 6.04 Å². The van der Waals surface area contributed by atoms with E-state index < -0.39 is 23.7 Å². The number of ether oxygens (including phenoxy) is 2. The number of carboxylic acids is 1. The van der Waals surface area contributed by atoms with E-state index in [4.69, 9.17) is 14.0 Å². The molecule has 2 atom stereocenters. The van der Waals surface area contributed by atoms with E-state index in [2.05, 4.69) is 4.90 Å². The first-order chi connectivity index (χ1) is 10.0. The fourth-order valence-corrected chi connectivity index (χ4v) is 2.41. The summed E-state index contributed by atoms with van der Waals surface area (Å²) in [6.07, 6.45) is -0.691. The average molecular weight is 300 g/mol. The normalized spacial score (nSPS) is 19.3. The molecule has 0 radical (unpaired) electrons. The van der Waals surface area contributed by atoms with Crippen molar-refractivity contribution in [2.24, 2.45) is 0 Å². The number of aryl methyl sites for hydroxylation is 1. The Morgan fingerprint density at radius 1 is 1.48 bits per heavy atom. The summed E-state index contributed by atoms with van der Waals surface area (Å²) in [5.41, 5.74) is -0.482. The van der Waals surface area contributed by atoms with Crippen LogP contribution in [0.5, 0.6) is 0 Å². The van der Waals surface area contributed by atoms with Crippen molar-refractivity contribution in [1.82, 2.24) is 9.64 Å². The predicted molar refractivity (Wildman–Crippen MR) is 72.4 cm³/mol. The Kier molecular flexibility index (Phi) is 5.16. The zero-order valence-corrected chi connectivity index (χ0v) is 12.2. The third-order valence-corrected chi connectivity index (χ3v) is 3.49. The van der Waals surface area contributed by atoms with Crippen LogP contribution in [0.15, 0.2) is 15.4 Å². The van der Waals surface area contributed by atoms with Crippen LogP contribution in [-0.2, 0) is 14.3 Å². The molecule has 8 nitrogen and oxygen atoms in total. The maximum absolute atomic E-state index is 11.8. The lowest BCUT2D eigenvalue weighted by Gasteiger charge is -2.31. The summed E-state index contributed by atoms with van der Waals surface area (Å²) in [4.78, 5) is 25.4. The molecule has 2 unspecified atom stereocenters. The molecule has 1 aromatic heterocycles. The molecule has 1 fully saturated rings. The number of rotatable bonds is 6. The molecule has 2 heterocycles. The lowest BCUT2D eigenvalue weighted by atomic mass is 10.1. The number of carbonyl (C=O) groups is 1. The van der Waals surface area contributed by atoms with E-state index in [1.807, 2.05) is 0 Å². The lowest BCUT2D eigenvalue weighted by molar-refractivity contribution is -0.149. The summed E-state index contributed by atoms with van der Waals surface area (Å²) in [5.74, 6) is -0.793. The zero-order valence-electron chi connectivity index (χ0n) is 12.2. The molecular formula is C13H20N2O6. The Labute approximate surface area is 121 Å². The molecule has 8 heteroatoms. The zero-order chi connectivity index (χ0) is 15.4. The van der Waals surface area contributed by atoms with E-state index in [1.54, 1.807) is 6.92 Å². The summed E-state index contributed by atoms with van der Waals surface area (Å²) in [6.45, 7) is 4.61. The van der Waals surface area contributed by atoms with Crippen molar-refractivity contribution < 1.29 is 23.9 Å². The molecular weight excluding hydrogens is 280 g/mol. The van der Waals surface area contributed by atoms with E-state index >= 15 is 0 Å². The van der Waals surface area contributed by atoms with Crippen molar-refractivity contribution in [2.45, 2.75) is 19.1 Å². The molecule has 0 amide bonds. The van der Waals surface area contributed by atoms with Crippen molar-refractivity contribution in [2.75, 3.05) is 40.0 Å². The van der Waals surface area contributed by atoms with Crippen LogP contribution in [0.4, 0.5) is 0 Å². The van der Waals surface area contributed by atoms with Gasteiger partial charge in [0.2, 0.25) is 0 Å². The fourth-order valence-electron chi connectivity index (χ4n) is 2.41. The Morgan fingerprint density at radius 3 is 2.62 bits per heavy atom. The summed E-state index contributed by atoms with van der Waals surface area (Å²) in [6, 6.07) is 0.0660. The van der Waals surface area contributed by atoms with Gasteiger partial charge in [-0.1, -0.05) is 0 Å². The van der Waals surface area contributed by atoms with Gasteiger partial charge in [-0.2, -0.15) is 4.74 Å². The highest BCUT2D eigenvalue weighted by Gasteiger charge is 2.34. The van der Waals surface area contributed by atoms with Crippen LogP contribution in [0.1, 0.15) is 11.8 Å². The third-order valence-electron chi connectivity index (χ3n) is 3.49. The Balaban J connectivity index is 2.20. The van der Waals surface area contributed by atoms with Crippen molar-refractivity contribution in [3.63, 3.8) is 0 Å². The fraction of sp³-hybridized carbons (Fsp3) is 0.692. The molecule has 0 saturated carbocycles. The second kappa shape index (κ2) is 6.88. The Bertz CT molecular complexity index is 531. The van der Waals surface area contributed by atoms with Gasteiger partial charge in [-0.3, -0.25) is 9.69 Å². The summed E-state index contributed by atoms with van der Waals surface area (Å²) in [7, 11) is 1.43. The lowest BCUT2D eigenvalue weighted by Crippen LogP contribution is -2.47. The summed E-state index contributed by atoms with van der Waals surface area (Å²) < 4.78 is 16.6. The molecule has 2 rings (SSSR count). The van der Waals surface area contributed by atoms with Gasteiger partial charge in [-0.05, 0) is 6.92 Å².